The molecule has 122 valence electrons. The fourth-order valence-electron chi connectivity index (χ4n) is 2.38. The Labute approximate surface area is 132 Å². The first-order valence-corrected chi connectivity index (χ1v) is 7.92. The predicted molar refractivity (Wildman–Crippen MR) is 89.6 cm³/mol. The maximum atomic E-state index is 13.5. The van der Waals surface area contributed by atoms with Crippen molar-refractivity contribution in [2.45, 2.75) is 45.3 Å². The second-order valence-corrected chi connectivity index (χ2v) is 6.14. The molecular formula is C17H27FN4. The molecule has 0 bridgehead atoms. The number of halogens is 1. The van der Waals surface area contributed by atoms with E-state index in [0.29, 0.717) is 18.2 Å². The van der Waals surface area contributed by atoms with Gasteiger partial charge in [-0.3, -0.25) is 9.89 Å². The molecule has 0 amide bonds. The van der Waals surface area contributed by atoms with Crippen molar-refractivity contribution in [3.8, 4) is 0 Å². The van der Waals surface area contributed by atoms with E-state index in [1.54, 1.807) is 26.1 Å². The lowest BCUT2D eigenvalue weighted by Gasteiger charge is -2.25. The Morgan fingerprint density at radius 2 is 2.14 bits per heavy atom. The first kappa shape index (κ1) is 16.7. The highest BCUT2D eigenvalue weighted by Crippen LogP contribution is 2.26. The Kier molecular flexibility index (Phi) is 5.77. The van der Waals surface area contributed by atoms with E-state index in [9.17, 15) is 4.39 Å². The number of nitrogens with one attached hydrogen (secondary N) is 2. The van der Waals surface area contributed by atoms with Gasteiger partial charge in [0.1, 0.15) is 5.82 Å². The summed E-state index contributed by atoms with van der Waals surface area (Å²) < 4.78 is 13.5. The quantitative estimate of drug-likeness (QED) is 0.626. The molecular weight excluding hydrogens is 279 g/mol. The SMILES string of the molecule is CN=C(NCc1ccc(C)c(F)c1)NCC(C)N(C)C1CC1. The minimum absolute atomic E-state index is 0.165. The third-order valence-corrected chi connectivity index (χ3v) is 4.30. The van der Waals surface area contributed by atoms with Crippen LogP contribution in [0.1, 0.15) is 30.9 Å². The fraction of sp³-hybridized carbons (Fsp3) is 0.588. The topological polar surface area (TPSA) is 39.7 Å². The molecule has 2 N–H and O–H groups in total. The van der Waals surface area contributed by atoms with Crippen molar-refractivity contribution in [1.82, 2.24) is 15.5 Å². The van der Waals surface area contributed by atoms with Gasteiger partial charge in [-0.1, -0.05) is 12.1 Å². The van der Waals surface area contributed by atoms with Gasteiger partial charge in [0, 0.05) is 32.2 Å². The minimum Gasteiger partial charge on any atom is -0.355 e. The summed E-state index contributed by atoms with van der Waals surface area (Å²) in [6.07, 6.45) is 2.62. The van der Waals surface area contributed by atoms with Crippen LogP contribution in [0.5, 0.6) is 0 Å². The molecule has 1 saturated carbocycles. The van der Waals surface area contributed by atoms with Gasteiger partial charge in [0.25, 0.3) is 0 Å². The van der Waals surface area contributed by atoms with Crippen LogP contribution in [0.2, 0.25) is 0 Å². The summed E-state index contributed by atoms with van der Waals surface area (Å²) in [5, 5.41) is 6.56. The van der Waals surface area contributed by atoms with E-state index in [4.69, 9.17) is 0 Å². The number of nitrogens with zero attached hydrogens (tertiary/aromatic N) is 2. The number of aliphatic imine (C=N–C) groups is 1. The average Bonchev–Trinajstić information content (AvgIpc) is 3.34. The summed E-state index contributed by atoms with van der Waals surface area (Å²) in [5.74, 6) is 0.582. The molecule has 0 heterocycles. The summed E-state index contributed by atoms with van der Waals surface area (Å²) in [5.41, 5.74) is 1.58. The molecule has 0 saturated heterocycles. The summed E-state index contributed by atoms with van der Waals surface area (Å²) in [4.78, 5) is 6.63. The highest BCUT2D eigenvalue weighted by Gasteiger charge is 2.28. The number of likely N-dealkylation sites (N-methyl/N-ethyl adjacent to an activating group) is 1. The molecule has 0 aliphatic heterocycles. The first-order valence-electron chi connectivity index (χ1n) is 7.92. The Morgan fingerprint density at radius 1 is 1.41 bits per heavy atom. The summed E-state index contributed by atoms with van der Waals surface area (Å²) in [6, 6.07) is 6.52. The molecule has 1 fully saturated rings. The molecule has 1 aliphatic carbocycles. The number of hydrogen-bond donors (Lipinski definition) is 2. The van der Waals surface area contributed by atoms with E-state index in [0.717, 1.165) is 24.1 Å². The molecule has 1 atom stereocenters. The van der Waals surface area contributed by atoms with E-state index in [2.05, 4.69) is 34.5 Å². The Balaban J connectivity index is 1.78. The van der Waals surface area contributed by atoms with Gasteiger partial charge in [-0.25, -0.2) is 4.39 Å². The highest BCUT2D eigenvalue weighted by molar-refractivity contribution is 5.79. The Morgan fingerprint density at radius 3 is 2.73 bits per heavy atom. The zero-order valence-electron chi connectivity index (χ0n) is 14.0. The zero-order valence-corrected chi connectivity index (χ0v) is 14.0. The van der Waals surface area contributed by atoms with Gasteiger partial charge in [-0.2, -0.15) is 0 Å². The van der Waals surface area contributed by atoms with Crippen LogP contribution in [-0.2, 0) is 6.54 Å². The second-order valence-electron chi connectivity index (χ2n) is 6.14. The van der Waals surface area contributed by atoms with Crippen LogP contribution in [0.15, 0.2) is 23.2 Å². The molecule has 0 radical (unpaired) electrons. The van der Waals surface area contributed by atoms with Crippen molar-refractivity contribution < 1.29 is 4.39 Å². The van der Waals surface area contributed by atoms with Gasteiger partial charge in [-0.05, 0) is 50.9 Å². The van der Waals surface area contributed by atoms with Crippen LogP contribution >= 0.6 is 0 Å². The standard InChI is InChI=1S/C17H27FN4/c1-12-5-6-14(9-16(12)18)11-21-17(19-3)20-10-13(2)22(4)15-7-8-15/h5-6,9,13,15H,7-8,10-11H2,1-4H3,(H2,19,20,21). The Bertz CT molecular complexity index is 525. The number of rotatable bonds is 6. The lowest BCUT2D eigenvalue weighted by molar-refractivity contribution is 0.247. The monoisotopic (exact) mass is 306 g/mol. The number of hydrogen-bond acceptors (Lipinski definition) is 2. The normalized spacial score (nSPS) is 16.7. The molecule has 1 aromatic rings. The van der Waals surface area contributed by atoms with Crippen LogP contribution in [0.25, 0.3) is 0 Å². The van der Waals surface area contributed by atoms with Gasteiger partial charge in [0.15, 0.2) is 5.96 Å². The van der Waals surface area contributed by atoms with E-state index in [1.807, 2.05) is 6.07 Å². The third-order valence-electron chi connectivity index (χ3n) is 4.30. The van der Waals surface area contributed by atoms with E-state index in [1.165, 1.54) is 12.8 Å². The molecule has 0 aromatic heterocycles. The van der Waals surface area contributed by atoms with Crippen LogP contribution in [0.4, 0.5) is 4.39 Å². The van der Waals surface area contributed by atoms with Crippen LogP contribution in [0, 0.1) is 12.7 Å². The molecule has 22 heavy (non-hydrogen) atoms. The number of aryl methyl sites for hydroxylation is 1. The van der Waals surface area contributed by atoms with Gasteiger partial charge >= 0.3 is 0 Å². The molecule has 0 spiro atoms. The highest BCUT2D eigenvalue weighted by atomic mass is 19.1. The van der Waals surface area contributed by atoms with E-state index < -0.39 is 0 Å². The predicted octanol–water partition coefficient (Wildman–Crippen LogP) is 2.28. The van der Waals surface area contributed by atoms with Gasteiger partial charge in [0.2, 0.25) is 0 Å². The molecule has 1 aromatic carbocycles. The molecule has 1 unspecified atom stereocenters. The molecule has 5 heteroatoms. The van der Waals surface area contributed by atoms with Gasteiger partial charge < -0.3 is 10.6 Å². The maximum Gasteiger partial charge on any atom is 0.191 e. The Hall–Kier alpha value is -1.62. The molecule has 1 aliphatic rings. The largest absolute Gasteiger partial charge is 0.355 e. The lowest BCUT2D eigenvalue weighted by Crippen LogP contribution is -2.45. The average molecular weight is 306 g/mol. The third kappa shape index (κ3) is 4.70. The van der Waals surface area contributed by atoms with Crippen molar-refractivity contribution in [1.29, 1.82) is 0 Å². The zero-order chi connectivity index (χ0) is 16.1. The summed E-state index contributed by atoms with van der Waals surface area (Å²) in [7, 11) is 3.93. The summed E-state index contributed by atoms with van der Waals surface area (Å²) >= 11 is 0. The summed E-state index contributed by atoms with van der Waals surface area (Å²) in [6.45, 7) is 5.39. The van der Waals surface area contributed by atoms with Crippen molar-refractivity contribution >= 4 is 5.96 Å². The fourth-order valence-corrected chi connectivity index (χ4v) is 2.38. The van der Waals surface area contributed by atoms with Crippen LogP contribution in [-0.4, -0.2) is 43.6 Å². The number of guanidine groups is 1. The van der Waals surface area contributed by atoms with Crippen molar-refractivity contribution in [2.75, 3.05) is 20.6 Å². The van der Waals surface area contributed by atoms with Gasteiger partial charge in [0.05, 0.1) is 0 Å². The smallest absolute Gasteiger partial charge is 0.191 e. The maximum absolute atomic E-state index is 13.5. The number of benzene rings is 1. The van der Waals surface area contributed by atoms with Crippen molar-refractivity contribution in [2.24, 2.45) is 4.99 Å². The molecule has 4 nitrogen and oxygen atoms in total. The first-order chi connectivity index (χ1) is 10.5. The molecule has 2 rings (SSSR count). The van der Waals surface area contributed by atoms with Crippen LogP contribution in [0.3, 0.4) is 0 Å². The lowest BCUT2D eigenvalue weighted by atomic mass is 10.1. The van der Waals surface area contributed by atoms with E-state index >= 15 is 0 Å². The second kappa shape index (κ2) is 7.58. The van der Waals surface area contributed by atoms with Crippen molar-refractivity contribution in [3.05, 3.63) is 35.1 Å². The van der Waals surface area contributed by atoms with E-state index in [-0.39, 0.29) is 5.82 Å². The van der Waals surface area contributed by atoms with Gasteiger partial charge in [-0.15, -0.1) is 0 Å². The van der Waals surface area contributed by atoms with Crippen molar-refractivity contribution in [3.63, 3.8) is 0 Å². The minimum atomic E-state index is -0.165. The van der Waals surface area contributed by atoms with Crippen LogP contribution < -0.4 is 10.6 Å².